The quantitative estimate of drug-likeness (QED) is 0.531. The van der Waals surface area contributed by atoms with Crippen molar-refractivity contribution < 1.29 is 18.8 Å². The molecular formula is C27H32N4O4. The van der Waals surface area contributed by atoms with Gasteiger partial charge in [-0.05, 0) is 41.5 Å². The Labute approximate surface area is 205 Å². The van der Waals surface area contributed by atoms with E-state index in [1.54, 1.807) is 11.0 Å². The zero-order chi connectivity index (χ0) is 24.9. The summed E-state index contributed by atoms with van der Waals surface area (Å²) >= 11 is 0. The van der Waals surface area contributed by atoms with Gasteiger partial charge in [0, 0.05) is 51.1 Å². The van der Waals surface area contributed by atoms with Crippen LogP contribution >= 0.6 is 0 Å². The van der Waals surface area contributed by atoms with Gasteiger partial charge in [0.25, 0.3) is 11.8 Å². The van der Waals surface area contributed by atoms with E-state index in [0.717, 1.165) is 40.1 Å². The first kappa shape index (κ1) is 24.6. The molecule has 1 atom stereocenters. The minimum Gasteiger partial charge on any atom is -0.367 e. The summed E-state index contributed by atoms with van der Waals surface area (Å²) in [6.45, 7) is 7.49. The fourth-order valence-electron chi connectivity index (χ4n) is 4.49. The van der Waals surface area contributed by atoms with Crippen LogP contribution in [0.25, 0.3) is 0 Å². The summed E-state index contributed by atoms with van der Waals surface area (Å²) in [6.07, 6.45) is 2.57. The number of hydrogen-bond acceptors (Lipinski definition) is 6. The van der Waals surface area contributed by atoms with Crippen LogP contribution in [0.1, 0.15) is 64.1 Å². The van der Waals surface area contributed by atoms with E-state index in [9.17, 15) is 9.59 Å². The number of aryl methyl sites for hydroxylation is 1. The second kappa shape index (κ2) is 10.8. The number of fused-ring (bicyclic) bond motifs is 1. The Hall–Kier alpha value is -3.52. The van der Waals surface area contributed by atoms with E-state index in [1.807, 2.05) is 43.5 Å². The van der Waals surface area contributed by atoms with E-state index in [2.05, 4.69) is 29.3 Å². The van der Waals surface area contributed by atoms with Crippen LogP contribution in [0.2, 0.25) is 0 Å². The number of carbonyl (C=O) groups excluding carboxylic acids is 2. The molecule has 3 aromatic rings. The number of aromatic nitrogens is 2. The molecule has 0 spiro atoms. The van der Waals surface area contributed by atoms with Crippen LogP contribution in [0, 0.1) is 12.8 Å². The molecule has 3 heterocycles. The Kier molecular flexibility index (Phi) is 7.60. The second-order valence-corrected chi connectivity index (χ2v) is 9.32. The number of nitrogens with zero attached hydrogens (tertiary/aromatic N) is 3. The van der Waals surface area contributed by atoms with E-state index >= 15 is 0 Å². The van der Waals surface area contributed by atoms with Crippen molar-refractivity contribution in [2.24, 2.45) is 5.92 Å². The van der Waals surface area contributed by atoms with Gasteiger partial charge in [-0.3, -0.25) is 14.6 Å². The smallest absolute Gasteiger partial charge is 0.276 e. The average Bonchev–Trinajstić information content (AvgIpc) is 3.31. The van der Waals surface area contributed by atoms with Gasteiger partial charge in [0.05, 0.1) is 0 Å². The Morgan fingerprint density at radius 1 is 1.23 bits per heavy atom. The van der Waals surface area contributed by atoms with Crippen LogP contribution in [0.3, 0.4) is 0 Å². The van der Waals surface area contributed by atoms with Gasteiger partial charge in [0.15, 0.2) is 11.8 Å². The Balaban J connectivity index is 1.45. The standard InChI is InChI=1S/C27H32N4O4/c1-17(2)12-21-13-24(30-35-21)27(33)31-11-10-22-20(16-31)14-28-18(3)23(22)15-29-26(32)25(34-4)19-8-6-5-7-9-19/h5-9,13-14,17,25H,10-12,15-16H2,1-4H3,(H,29,32)/t25-/m1/s1. The predicted octanol–water partition coefficient (Wildman–Crippen LogP) is 3.78. The van der Waals surface area contributed by atoms with Crippen molar-refractivity contribution in [1.82, 2.24) is 20.4 Å². The summed E-state index contributed by atoms with van der Waals surface area (Å²) in [7, 11) is 1.53. The number of benzene rings is 1. The third-order valence-corrected chi connectivity index (χ3v) is 6.29. The number of hydrogen-bond donors (Lipinski definition) is 1. The summed E-state index contributed by atoms with van der Waals surface area (Å²) in [5, 5.41) is 7.00. The monoisotopic (exact) mass is 476 g/mol. The summed E-state index contributed by atoms with van der Waals surface area (Å²) in [5.41, 5.74) is 5.12. The molecule has 1 aliphatic rings. The third kappa shape index (κ3) is 5.59. The highest BCUT2D eigenvalue weighted by molar-refractivity contribution is 5.92. The number of ether oxygens (including phenoxy) is 1. The van der Waals surface area contributed by atoms with Gasteiger partial charge in [-0.25, -0.2) is 0 Å². The fourth-order valence-corrected chi connectivity index (χ4v) is 4.49. The number of rotatable bonds is 8. The lowest BCUT2D eigenvalue weighted by atomic mass is 9.94. The highest BCUT2D eigenvalue weighted by Crippen LogP contribution is 2.26. The molecule has 1 aliphatic heterocycles. The van der Waals surface area contributed by atoms with Crippen LogP contribution in [-0.2, 0) is 35.5 Å². The molecule has 8 nitrogen and oxygen atoms in total. The molecule has 0 saturated heterocycles. The van der Waals surface area contributed by atoms with Gasteiger partial charge < -0.3 is 19.5 Å². The lowest BCUT2D eigenvalue weighted by Crippen LogP contribution is -2.37. The first-order valence-electron chi connectivity index (χ1n) is 11.9. The summed E-state index contributed by atoms with van der Waals surface area (Å²) < 4.78 is 10.8. The van der Waals surface area contributed by atoms with Crippen molar-refractivity contribution in [2.45, 2.75) is 52.8 Å². The SMILES string of the molecule is CO[C@@H](C(=O)NCc1c(C)ncc2c1CCN(C(=O)c1cc(CC(C)C)on1)C2)c1ccccc1. The zero-order valence-electron chi connectivity index (χ0n) is 20.7. The molecule has 2 amide bonds. The minimum absolute atomic E-state index is 0.143. The molecule has 0 radical (unpaired) electrons. The predicted molar refractivity (Wildman–Crippen MR) is 131 cm³/mol. The molecule has 1 aromatic carbocycles. The van der Waals surface area contributed by atoms with E-state index in [1.165, 1.54) is 7.11 Å². The molecule has 1 N–H and O–H groups in total. The van der Waals surface area contributed by atoms with Crippen LogP contribution in [-0.4, -0.2) is 40.5 Å². The van der Waals surface area contributed by atoms with Crippen molar-refractivity contribution in [3.05, 3.63) is 82.0 Å². The third-order valence-electron chi connectivity index (χ3n) is 6.29. The topological polar surface area (TPSA) is 97.6 Å². The number of carbonyl (C=O) groups is 2. The van der Waals surface area contributed by atoms with E-state index in [4.69, 9.17) is 9.26 Å². The fraction of sp³-hybridized carbons (Fsp3) is 0.407. The molecule has 35 heavy (non-hydrogen) atoms. The van der Waals surface area contributed by atoms with Gasteiger partial charge in [-0.2, -0.15) is 0 Å². The van der Waals surface area contributed by atoms with E-state index < -0.39 is 6.10 Å². The van der Waals surface area contributed by atoms with Gasteiger partial charge in [-0.15, -0.1) is 0 Å². The number of nitrogens with one attached hydrogen (secondary N) is 1. The number of methoxy groups -OCH3 is 1. The van der Waals surface area contributed by atoms with Gasteiger partial charge in [0.1, 0.15) is 5.76 Å². The number of amides is 2. The average molecular weight is 477 g/mol. The Morgan fingerprint density at radius 3 is 2.71 bits per heavy atom. The molecule has 184 valence electrons. The van der Waals surface area contributed by atoms with E-state index in [0.29, 0.717) is 37.7 Å². The molecular weight excluding hydrogens is 444 g/mol. The maximum Gasteiger partial charge on any atom is 0.276 e. The van der Waals surface area contributed by atoms with Crippen molar-refractivity contribution >= 4 is 11.8 Å². The highest BCUT2D eigenvalue weighted by Gasteiger charge is 2.27. The van der Waals surface area contributed by atoms with Gasteiger partial charge in [0.2, 0.25) is 0 Å². The first-order chi connectivity index (χ1) is 16.9. The summed E-state index contributed by atoms with van der Waals surface area (Å²) in [4.78, 5) is 32.2. The zero-order valence-corrected chi connectivity index (χ0v) is 20.7. The Morgan fingerprint density at radius 2 is 2.00 bits per heavy atom. The largest absolute Gasteiger partial charge is 0.367 e. The van der Waals surface area contributed by atoms with Crippen LogP contribution < -0.4 is 5.32 Å². The van der Waals surface area contributed by atoms with Crippen LogP contribution in [0.4, 0.5) is 0 Å². The maximum absolute atomic E-state index is 13.0. The van der Waals surface area contributed by atoms with Crippen molar-refractivity contribution in [1.29, 1.82) is 0 Å². The first-order valence-corrected chi connectivity index (χ1v) is 11.9. The van der Waals surface area contributed by atoms with Crippen LogP contribution in [0.5, 0.6) is 0 Å². The van der Waals surface area contributed by atoms with Crippen molar-refractivity contribution in [2.75, 3.05) is 13.7 Å². The van der Waals surface area contributed by atoms with E-state index in [-0.39, 0.29) is 11.8 Å². The Bertz CT molecular complexity index is 1190. The van der Waals surface area contributed by atoms with Gasteiger partial charge in [-0.1, -0.05) is 49.3 Å². The van der Waals surface area contributed by atoms with Crippen LogP contribution in [0.15, 0.2) is 47.1 Å². The molecule has 0 bridgehead atoms. The normalized spacial score (nSPS) is 14.0. The van der Waals surface area contributed by atoms with Gasteiger partial charge >= 0.3 is 0 Å². The highest BCUT2D eigenvalue weighted by atomic mass is 16.5. The summed E-state index contributed by atoms with van der Waals surface area (Å²) in [5.74, 6) is 0.802. The minimum atomic E-state index is -0.680. The maximum atomic E-state index is 13.0. The molecule has 8 heteroatoms. The second-order valence-electron chi connectivity index (χ2n) is 9.32. The lowest BCUT2D eigenvalue weighted by molar-refractivity contribution is -0.131. The molecule has 4 rings (SSSR count). The molecule has 0 saturated carbocycles. The molecule has 0 unspecified atom stereocenters. The number of pyridine rings is 1. The van der Waals surface area contributed by atoms with Crippen molar-refractivity contribution in [3.8, 4) is 0 Å². The molecule has 0 aliphatic carbocycles. The lowest BCUT2D eigenvalue weighted by Gasteiger charge is -2.30. The molecule has 2 aromatic heterocycles. The van der Waals surface area contributed by atoms with Crippen molar-refractivity contribution in [3.63, 3.8) is 0 Å². The molecule has 0 fully saturated rings. The summed E-state index contributed by atoms with van der Waals surface area (Å²) in [6, 6.07) is 11.2.